The van der Waals surface area contributed by atoms with E-state index in [1.807, 2.05) is 19.9 Å². The van der Waals surface area contributed by atoms with Crippen LogP contribution in [0.1, 0.15) is 19.4 Å². The number of anilines is 1. The van der Waals surface area contributed by atoms with Gasteiger partial charge in [-0.15, -0.1) is 0 Å². The number of rotatable bonds is 6. The Morgan fingerprint density at radius 1 is 1.33 bits per heavy atom. The second-order valence-corrected chi connectivity index (χ2v) is 4.95. The van der Waals surface area contributed by atoms with Crippen LogP contribution in [0.2, 0.25) is 5.02 Å². The van der Waals surface area contributed by atoms with Crippen LogP contribution in [0, 0.1) is 0 Å². The molecule has 0 atom stereocenters. The molecule has 0 saturated heterocycles. The van der Waals surface area contributed by atoms with Gasteiger partial charge in [-0.3, -0.25) is 0 Å². The van der Waals surface area contributed by atoms with Crippen LogP contribution in [0.3, 0.4) is 0 Å². The first kappa shape index (κ1) is 15.2. The topological polar surface area (TPSA) is 15.3 Å². The van der Waals surface area contributed by atoms with Crippen molar-refractivity contribution in [2.75, 3.05) is 18.5 Å². The molecule has 0 fully saturated rings. The van der Waals surface area contributed by atoms with E-state index < -0.39 is 6.43 Å². The molecule has 2 nitrogen and oxygen atoms in total. The summed E-state index contributed by atoms with van der Waals surface area (Å²) < 4.78 is 24.9. The molecule has 5 heteroatoms. The number of alkyl halides is 2. The van der Waals surface area contributed by atoms with Crippen molar-refractivity contribution in [2.24, 2.45) is 0 Å². The Kier molecular flexibility index (Phi) is 5.82. The molecule has 0 aliphatic carbocycles. The van der Waals surface area contributed by atoms with Crippen molar-refractivity contribution in [3.63, 3.8) is 0 Å². The maximum absolute atomic E-state index is 12.4. The van der Waals surface area contributed by atoms with Crippen molar-refractivity contribution >= 4 is 17.3 Å². The predicted octanol–water partition coefficient (Wildman–Crippen LogP) is 3.54. The Balaban J connectivity index is 2.92. The molecule has 0 amide bonds. The average molecular weight is 277 g/mol. The lowest BCUT2D eigenvalue weighted by molar-refractivity contribution is 0.156. The molecular formula is C13H19ClF2N2. The molecule has 1 aromatic rings. The molecule has 1 aromatic carbocycles. The molecule has 18 heavy (non-hydrogen) atoms. The standard InChI is InChI=1S/C13H19ClF2N2/c1-9(2)17-7-10-11(14)5-4-6-12(10)18(3)8-13(15)16/h4-6,9,13,17H,7-8H2,1-3H3. The fraction of sp³-hybridized carbons (Fsp3) is 0.538. The summed E-state index contributed by atoms with van der Waals surface area (Å²) >= 11 is 6.14. The molecule has 1 N–H and O–H groups in total. The zero-order valence-corrected chi connectivity index (χ0v) is 11.6. The molecule has 0 spiro atoms. The van der Waals surface area contributed by atoms with Crippen LogP contribution < -0.4 is 10.2 Å². The van der Waals surface area contributed by atoms with Gasteiger partial charge in [0.15, 0.2) is 0 Å². The first-order chi connectivity index (χ1) is 8.41. The van der Waals surface area contributed by atoms with Crippen molar-refractivity contribution in [3.05, 3.63) is 28.8 Å². The van der Waals surface area contributed by atoms with Crippen molar-refractivity contribution < 1.29 is 8.78 Å². The van der Waals surface area contributed by atoms with E-state index in [2.05, 4.69) is 5.32 Å². The lowest BCUT2D eigenvalue weighted by atomic mass is 10.1. The third-order valence-electron chi connectivity index (χ3n) is 2.60. The van der Waals surface area contributed by atoms with E-state index in [9.17, 15) is 8.78 Å². The van der Waals surface area contributed by atoms with Crippen LogP contribution in [0.4, 0.5) is 14.5 Å². The highest BCUT2D eigenvalue weighted by Gasteiger charge is 2.14. The number of nitrogens with one attached hydrogen (secondary N) is 1. The van der Waals surface area contributed by atoms with Gasteiger partial charge in [0, 0.05) is 35.9 Å². The lowest BCUT2D eigenvalue weighted by Gasteiger charge is -2.23. The Bertz CT molecular complexity index is 383. The third kappa shape index (κ3) is 4.42. The zero-order chi connectivity index (χ0) is 13.7. The van der Waals surface area contributed by atoms with Crippen molar-refractivity contribution in [1.29, 1.82) is 0 Å². The van der Waals surface area contributed by atoms with Crippen molar-refractivity contribution in [2.45, 2.75) is 32.9 Å². The molecule has 0 bridgehead atoms. The smallest absolute Gasteiger partial charge is 0.255 e. The maximum Gasteiger partial charge on any atom is 0.255 e. The van der Waals surface area contributed by atoms with E-state index in [1.165, 1.54) is 4.90 Å². The fourth-order valence-electron chi connectivity index (χ4n) is 1.69. The Morgan fingerprint density at radius 3 is 2.56 bits per heavy atom. The van der Waals surface area contributed by atoms with Crippen LogP contribution in [-0.2, 0) is 6.54 Å². The van der Waals surface area contributed by atoms with Crippen LogP contribution in [0.5, 0.6) is 0 Å². The van der Waals surface area contributed by atoms with Gasteiger partial charge in [0.1, 0.15) is 0 Å². The van der Waals surface area contributed by atoms with Crippen LogP contribution in [0.15, 0.2) is 18.2 Å². The molecule has 0 unspecified atom stereocenters. The minimum Gasteiger partial charge on any atom is -0.369 e. The number of hydrogen-bond acceptors (Lipinski definition) is 2. The molecule has 0 aliphatic rings. The van der Waals surface area contributed by atoms with Gasteiger partial charge < -0.3 is 10.2 Å². The summed E-state index contributed by atoms with van der Waals surface area (Å²) in [7, 11) is 1.65. The quantitative estimate of drug-likeness (QED) is 0.855. The number of halogens is 3. The predicted molar refractivity (Wildman–Crippen MR) is 72.7 cm³/mol. The highest BCUT2D eigenvalue weighted by Crippen LogP contribution is 2.27. The zero-order valence-electron chi connectivity index (χ0n) is 10.9. The van der Waals surface area contributed by atoms with Gasteiger partial charge >= 0.3 is 0 Å². The van der Waals surface area contributed by atoms with E-state index in [4.69, 9.17) is 11.6 Å². The van der Waals surface area contributed by atoms with Gasteiger partial charge in [-0.1, -0.05) is 31.5 Å². The second kappa shape index (κ2) is 6.90. The normalized spacial score (nSPS) is 11.3. The highest BCUT2D eigenvalue weighted by atomic mass is 35.5. The van der Waals surface area contributed by atoms with E-state index >= 15 is 0 Å². The number of benzene rings is 1. The van der Waals surface area contributed by atoms with E-state index in [-0.39, 0.29) is 6.54 Å². The molecule has 0 heterocycles. The van der Waals surface area contributed by atoms with Crippen LogP contribution in [-0.4, -0.2) is 26.1 Å². The largest absolute Gasteiger partial charge is 0.369 e. The fourth-order valence-corrected chi connectivity index (χ4v) is 1.93. The summed E-state index contributed by atoms with van der Waals surface area (Å²) in [6.07, 6.45) is -2.36. The second-order valence-electron chi connectivity index (χ2n) is 4.54. The molecule has 0 radical (unpaired) electrons. The first-order valence-electron chi connectivity index (χ1n) is 5.92. The highest BCUT2D eigenvalue weighted by molar-refractivity contribution is 6.31. The summed E-state index contributed by atoms with van der Waals surface area (Å²) in [5.41, 5.74) is 1.60. The summed E-state index contributed by atoms with van der Waals surface area (Å²) in [4.78, 5) is 1.54. The van der Waals surface area contributed by atoms with E-state index in [0.717, 1.165) is 11.3 Å². The van der Waals surface area contributed by atoms with Gasteiger partial charge in [0.2, 0.25) is 0 Å². The molecule has 0 aliphatic heterocycles. The molecule has 102 valence electrons. The summed E-state index contributed by atoms with van der Waals surface area (Å²) in [5.74, 6) is 0. The van der Waals surface area contributed by atoms with E-state index in [1.54, 1.807) is 19.2 Å². The van der Waals surface area contributed by atoms with Gasteiger partial charge in [0.05, 0.1) is 6.54 Å². The van der Waals surface area contributed by atoms with Crippen molar-refractivity contribution in [3.8, 4) is 0 Å². The maximum atomic E-state index is 12.4. The Morgan fingerprint density at radius 2 is 2.00 bits per heavy atom. The average Bonchev–Trinajstić information content (AvgIpc) is 2.25. The van der Waals surface area contributed by atoms with Gasteiger partial charge in [-0.25, -0.2) is 8.78 Å². The third-order valence-corrected chi connectivity index (χ3v) is 2.96. The lowest BCUT2D eigenvalue weighted by Crippen LogP contribution is -2.27. The first-order valence-corrected chi connectivity index (χ1v) is 6.29. The van der Waals surface area contributed by atoms with Gasteiger partial charge in [0.25, 0.3) is 6.43 Å². The van der Waals surface area contributed by atoms with Gasteiger partial charge in [-0.05, 0) is 12.1 Å². The summed E-state index contributed by atoms with van der Waals surface area (Å²) in [5, 5.41) is 3.85. The van der Waals surface area contributed by atoms with Crippen LogP contribution >= 0.6 is 11.6 Å². The van der Waals surface area contributed by atoms with Crippen molar-refractivity contribution in [1.82, 2.24) is 5.32 Å². The Labute approximate surface area is 112 Å². The summed E-state index contributed by atoms with van der Waals surface area (Å²) in [6.45, 7) is 4.33. The molecule has 1 rings (SSSR count). The van der Waals surface area contributed by atoms with Crippen LogP contribution in [0.25, 0.3) is 0 Å². The molecule has 0 saturated carbocycles. The summed E-state index contributed by atoms with van der Waals surface area (Å²) in [6, 6.07) is 5.68. The minimum atomic E-state index is -2.36. The SMILES string of the molecule is CC(C)NCc1c(Cl)cccc1N(C)CC(F)F. The molecule has 0 aromatic heterocycles. The molecular weight excluding hydrogens is 258 g/mol. The van der Waals surface area contributed by atoms with E-state index in [0.29, 0.717) is 17.6 Å². The minimum absolute atomic E-state index is 0.297. The monoisotopic (exact) mass is 276 g/mol. The Hall–Kier alpha value is -0.870. The van der Waals surface area contributed by atoms with Gasteiger partial charge in [-0.2, -0.15) is 0 Å². The number of hydrogen-bond donors (Lipinski definition) is 1. The number of nitrogens with zero attached hydrogens (tertiary/aromatic N) is 1.